The predicted octanol–water partition coefficient (Wildman–Crippen LogP) is 2.28. The normalized spacial score (nSPS) is 11.7. The van der Waals surface area contributed by atoms with Gasteiger partial charge in [0, 0.05) is 0 Å². The van der Waals surface area contributed by atoms with Crippen LogP contribution in [0.1, 0.15) is 11.1 Å². The number of rotatable bonds is 2. The Labute approximate surface area is 73.8 Å². The van der Waals surface area contributed by atoms with Crippen LogP contribution < -0.4 is 0 Å². The van der Waals surface area contributed by atoms with Gasteiger partial charge in [0.2, 0.25) is 0 Å². The van der Waals surface area contributed by atoms with Crippen molar-refractivity contribution in [3.05, 3.63) is 35.4 Å². The van der Waals surface area contributed by atoms with Crippen LogP contribution in [0, 0.1) is 0 Å². The zero-order valence-corrected chi connectivity index (χ0v) is 6.80. The molecule has 0 bridgehead atoms. The fraction of sp³-hybridized carbons (Fsp3) is 0.333. The van der Waals surface area contributed by atoms with Gasteiger partial charge in [0.05, 0.1) is 13.0 Å². The molecule has 0 fully saturated rings. The fourth-order valence-corrected chi connectivity index (χ4v) is 1.10. The highest BCUT2D eigenvalue weighted by Crippen LogP contribution is 2.23. The van der Waals surface area contributed by atoms with Crippen LogP contribution >= 0.6 is 0 Å². The predicted molar refractivity (Wildman–Crippen MR) is 42.1 cm³/mol. The summed E-state index contributed by atoms with van der Waals surface area (Å²) in [7, 11) is 0. The van der Waals surface area contributed by atoms with E-state index >= 15 is 0 Å². The van der Waals surface area contributed by atoms with E-state index in [9.17, 15) is 13.2 Å². The Morgan fingerprint density at radius 1 is 1.08 bits per heavy atom. The van der Waals surface area contributed by atoms with Crippen molar-refractivity contribution in [3.8, 4) is 0 Å². The maximum Gasteiger partial charge on any atom is 0.393 e. The van der Waals surface area contributed by atoms with Crippen molar-refractivity contribution >= 4 is 0 Å². The molecule has 0 aliphatic rings. The molecule has 0 spiro atoms. The van der Waals surface area contributed by atoms with Crippen LogP contribution in [-0.4, -0.2) is 11.3 Å². The van der Waals surface area contributed by atoms with E-state index in [0.717, 1.165) is 0 Å². The molecule has 0 heterocycles. The zero-order valence-electron chi connectivity index (χ0n) is 6.80. The molecule has 0 aliphatic heterocycles. The summed E-state index contributed by atoms with van der Waals surface area (Å²) < 4.78 is 35.9. The van der Waals surface area contributed by atoms with Gasteiger partial charge in [-0.3, -0.25) is 0 Å². The van der Waals surface area contributed by atoms with Gasteiger partial charge in [-0.2, -0.15) is 13.2 Å². The maximum absolute atomic E-state index is 12.0. The molecule has 0 amide bonds. The average Bonchev–Trinajstić information content (AvgIpc) is 2.02. The summed E-state index contributed by atoms with van der Waals surface area (Å²) in [5.41, 5.74) is 0.470. The minimum atomic E-state index is -4.22. The van der Waals surface area contributed by atoms with Crippen LogP contribution in [0.4, 0.5) is 13.2 Å². The van der Waals surface area contributed by atoms with Gasteiger partial charge in [-0.05, 0) is 11.1 Å². The SMILES string of the molecule is OCc1ccccc1CC(F)(F)F. The third-order valence-corrected chi connectivity index (χ3v) is 1.68. The monoisotopic (exact) mass is 190 g/mol. The first-order chi connectivity index (χ1) is 6.03. The zero-order chi connectivity index (χ0) is 9.90. The standard InChI is InChI=1S/C9H9F3O/c10-9(11,12)5-7-3-1-2-4-8(7)6-13/h1-4,13H,5-6H2. The maximum atomic E-state index is 12.0. The van der Waals surface area contributed by atoms with Crippen molar-refractivity contribution in [2.45, 2.75) is 19.2 Å². The van der Waals surface area contributed by atoms with Crippen molar-refractivity contribution in [2.24, 2.45) is 0 Å². The molecule has 1 N–H and O–H groups in total. The number of benzene rings is 1. The minimum absolute atomic E-state index is 0.137. The first-order valence-corrected chi connectivity index (χ1v) is 3.77. The molecule has 1 aromatic carbocycles. The molecule has 4 heteroatoms. The molecule has 0 aliphatic carbocycles. The van der Waals surface area contributed by atoms with E-state index in [4.69, 9.17) is 5.11 Å². The number of alkyl halides is 3. The van der Waals surface area contributed by atoms with Crippen LogP contribution in [0.25, 0.3) is 0 Å². The molecule has 1 nitrogen and oxygen atoms in total. The summed E-state index contributed by atoms with van der Waals surface area (Å²) in [6.07, 6.45) is -5.20. The Kier molecular flexibility index (Phi) is 2.93. The van der Waals surface area contributed by atoms with Crippen LogP contribution in [0.15, 0.2) is 24.3 Å². The lowest BCUT2D eigenvalue weighted by Crippen LogP contribution is -2.13. The highest BCUT2D eigenvalue weighted by Gasteiger charge is 2.28. The summed E-state index contributed by atoms with van der Waals surface area (Å²) in [5.74, 6) is 0. The molecule has 0 unspecified atom stereocenters. The van der Waals surface area contributed by atoms with Crippen molar-refractivity contribution in [3.63, 3.8) is 0 Å². The van der Waals surface area contributed by atoms with E-state index in [1.807, 2.05) is 0 Å². The van der Waals surface area contributed by atoms with Crippen molar-refractivity contribution in [2.75, 3.05) is 0 Å². The fourth-order valence-electron chi connectivity index (χ4n) is 1.10. The molecule has 1 aromatic rings. The van der Waals surface area contributed by atoms with Gasteiger partial charge in [-0.15, -0.1) is 0 Å². The van der Waals surface area contributed by atoms with E-state index in [1.165, 1.54) is 18.2 Å². The van der Waals surface area contributed by atoms with Crippen molar-refractivity contribution in [1.29, 1.82) is 0 Å². The van der Waals surface area contributed by atoms with Crippen molar-refractivity contribution in [1.82, 2.24) is 0 Å². The summed E-state index contributed by atoms with van der Waals surface area (Å²) >= 11 is 0. The quantitative estimate of drug-likeness (QED) is 0.758. The van der Waals surface area contributed by atoms with Gasteiger partial charge in [-0.1, -0.05) is 24.3 Å². The Hall–Kier alpha value is -1.03. The van der Waals surface area contributed by atoms with Gasteiger partial charge in [0.25, 0.3) is 0 Å². The van der Waals surface area contributed by atoms with Gasteiger partial charge in [0.1, 0.15) is 0 Å². The minimum Gasteiger partial charge on any atom is -0.392 e. The Balaban J connectivity index is 2.87. The lowest BCUT2D eigenvalue weighted by Gasteiger charge is -2.09. The second kappa shape index (κ2) is 3.79. The Morgan fingerprint density at radius 3 is 2.08 bits per heavy atom. The Bertz CT molecular complexity index is 280. The lowest BCUT2D eigenvalue weighted by atomic mass is 10.1. The molecular weight excluding hydrogens is 181 g/mol. The second-order valence-corrected chi connectivity index (χ2v) is 2.72. The van der Waals surface area contributed by atoms with Gasteiger partial charge < -0.3 is 5.11 Å². The van der Waals surface area contributed by atoms with Gasteiger partial charge >= 0.3 is 6.18 Å². The van der Waals surface area contributed by atoms with Gasteiger partial charge in [0.15, 0.2) is 0 Å². The van der Waals surface area contributed by atoms with Crippen molar-refractivity contribution < 1.29 is 18.3 Å². The average molecular weight is 190 g/mol. The molecule has 1 rings (SSSR count). The summed E-state index contributed by atoms with van der Waals surface area (Å²) in [5, 5.41) is 8.75. The van der Waals surface area contributed by atoms with Gasteiger partial charge in [-0.25, -0.2) is 0 Å². The number of hydrogen-bond acceptors (Lipinski definition) is 1. The highest BCUT2D eigenvalue weighted by atomic mass is 19.4. The van der Waals surface area contributed by atoms with E-state index in [-0.39, 0.29) is 12.2 Å². The first kappa shape index (κ1) is 10.1. The number of aliphatic hydroxyl groups is 1. The summed E-state index contributed by atoms with van der Waals surface area (Å²) in [6.45, 7) is -0.355. The molecular formula is C9H9F3O. The molecule has 0 saturated heterocycles. The van der Waals surface area contributed by atoms with Crippen LogP contribution in [-0.2, 0) is 13.0 Å². The molecule has 0 radical (unpaired) electrons. The largest absolute Gasteiger partial charge is 0.393 e. The first-order valence-electron chi connectivity index (χ1n) is 3.77. The Morgan fingerprint density at radius 2 is 1.62 bits per heavy atom. The van der Waals surface area contributed by atoms with E-state index in [2.05, 4.69) is 0 Å². The highest BCUT2D eigenvalue weighted by molar-refractivity contribution is 5.27. The lowest BCUT2D eigenvalue weighted by molar-refractivity contribution is -0.127. The van der Waals surface area contributed by atoms with Crippen LogP contribution in [0.3, 0.4) is 0 Å². The van der Waals surface area contributed by atoms with E-state index in [1.54, 1.807) is 6.07 Å². The summed E-state index contributed by atoms with van der Waals surface area (Å²) in [6, 6.07) is 5.99. The summed E-state index contributed by atoms with van der Waals surface area (Å²) in [4.78, 5) is 0. The van der Waals surface area contributed by atoms with Crippen LogP contribution in [0.5, 0.6) is 0 Å². The van der Waals surface area contributed by atoms with Crippen LogP contribution in [0.2, 0.25) is 0 Å². The third-order valence-electron chi connectivity index (χ3n) is 1.68. The topological polar surface area (TPSA) is 20.2 Å². The molecule has 72 valence electrons. The number of halogens is 3. The van der Waals surface area contributed by atoms with E-state index < -0.39 is 12.6 Å². The molecule has 13 heavy (non-hydrogen) atoms. The van der Waals surface area contributed by atoms with E-state index in [0.29, 0.717) is 5.56 Å². The molecule has 0 atom stereocenters. The third kappa shape index (κ3) is 3.06. The number of aliphatic hydroxyl groups excluding tert-OH is 1. The number of hydrogen-bond donors (Lipinski definition) is 1. The second-order valence-electron chi connectivity index (χ2n) is 2.72. The smallest absolute Gasteiger partial charge is 0.392 e. The molecule has 0 saturated carbocycles. The molecule has 0 aromatic heterocycles.